The Labute approximate surface area is 126 Å². The highest BCUT2D eigenvalue weighted by Gasteiger charge is 2.15. The number of sulfonamides is 1. The number of hydrogen-bond donors (Lipinski definition) is 2. The van der Waals surface area contributed by atoms with E-state index in [0.29, 0.717) is 26.3 Å². The second-order valence-electron chi connectivity index (χ2n) is 5.21. The molecule has 21 heavy (non-hydrogen) atoms. The van der Waals surface area contributed by atoms with Gasteiger partial charge in [0, 0.05) is 32.2 Å². The number of morpholine rings is 1. The molecule has 0 spiro atoms. The molecule has 118 valence electrons. The van der Waals surface area contributed by atoms with E-state index >= 15 is 0 Å². The summed E-state index contributed by atoms with van der Waals surface area (Å²) in [7, 11) is -3.45. The molecule has 1 fully saturated rings. The first-order chi connectivity index (χ1) is 9.99. The summed E-state index contributed by atoms with van der Waals surface area (Å²) in [5.41, 5.74) is 6.67. The van der Waals surface area contributed by atoms with Gasteiger partial charge in [-0.05, 0) is 24.6 Å². The Morgan fingerprint density at radius 3 is 2.48 bits per heavy atom. The van der Waals surface area contributed by atoms with Crippen LogP contribution in [0.25, 0.3) is 0 Å². The van der Waals surface area contributed by atoms with Crippen molar-refractivity contribution in [3.63, 3.8) is 0 Å². The van der Waals surface area contributed by atoms with Gasteiger partial charge in [0.2, 0.25) is 10.0 Å². The van der Waals surface area contributed by atoms with Crippen molar-refractivity contribution in [3.8, 4) is 0 Å². The third-order valence-electron chi connectivity index (χ3n) is 3.54. The first-order valence-electron chi connectivity index (χ1n) is 7.14. The van der Waals surface area contributed by atoms with E-state index in [1.807, 2.05) is 6.92 Å². The number of rotatable bonds is 6. The van der Waals surface area contributed by atoms with Crippen molar-refractivity contribution < 1.29 is 13.2 Å². The summed E-state index contributed by atoms with van der Waals surface area (Å²) < 4.78 is 32.2. The fraction of sp³-hybridized carbons (Fsp3) is 0.571. The van der Waals surface area contributed by atoms with Crippen LogP contribution in [0.1, 0.15) is 18.5 Å². The Morgan fingerprint density at radius 2 is 1.90 bits per heavy atom. The summed E-state index contributed by atoms with van der Waals surface area (Å²) in [5, 5.41) is 0. The van der Waals surface area contributed by atoms with Crippen molar-refractivity contribution in [2.75, 3.05) is 39.4 Å². The standard InChI is InChI=1S/C14H23N3O3S/c1-12(15)13-2-4-14(5-3-13)21(18,19)16-6-7-17-8-10-20-11-9-17/h2-5,12,16H,6-11,15H2,1H3. The molecule has 1 saturated heterocycles. The average Bonchev–Trinajstić information content (AvgIpc) is 2.48. The van der Waals surface area contributed by atoms with Gasteiger partial charge >= 0.3 is 0 Å². The van der Waals surface area contributed by atoms with Crippen LogP contribution in [-0.2, 0) is 14.8 Å². The summed E-state index contributed by atoms with van der Waals surface area (Å²) in [5.74, 6) is 0. The lowest BCUT2D eigenvalue weighted by atomic mass is 10.1. The van der Waals surface area contributed by atoms with Gasteiger partial charge in [-0.3, -0.25) is 4.90 Å². The maximum atomic E-state index is 12.2. The van der Waals surface area contributed by atoms with Crippen molar-refractivity contribution >= 4 is 10.0 Å². The van der Waals surface area contributed by atoms with Gasteiger partial charge in [0.1, 0.15) is 0 Å². The molecule has 0 bridgehead atoms. The van der Waals surface area contributed by atoms with Gasteiger partial charge in [0.05, 0.1) is 18.1 Å². The molecule has 0 amide bonds. The van der Waals surface area contributed by atoms with Gasteiger partial charge in [-0.15, -0.1) is 0 Å². The summed E-state index contributed by atoms with van der Waals surface area (Å²) in [4.78, 5) is 2.46. The third-order valence-corrected chi connectivity index (χ3v) is 5.02. The predicted molar refractivity (Wildman–Crippen MR) is 81.5 cm³/mol. The van der Waals surface area contributed by atoms with Crippen LogP contribution in [0.15, 0.2) is 29.2 Å². The molecular weight excluding hydrogens is 290 g/mol. The third kappa shape index (κ3) is 4.76. The molecule has 1 heterocycles. The molecule has 0 aliphatic carbocycles. The number of ether oxygens (including phenoxy) is 1. The topological polar surface area (TPSA) is 84.7 Å². The molecule has 0 aromatic heterocycles. The molecule has 1 aliphatic rings. The molecule has 1 atom stereocenters. The Kier molecular flexibility index (Phi) is 5.72. The SMILES string of the molecule is CC(N)c1ccc(S(=O)(=O)NCCN2CCOCC2)cc1. The molecule has 1 aromatic carbocycles. The van der Waals surface area contributed by atoms with Crippen LogP contribution in [0.2, 0.25) is 0 Å². The molecule has 2 rings (SSSR count). The van der Waals surface area contributed by atoms with Crippen molar-refractivity contribution in [3.05, 3.63) is 29.8 Å². The number of nitrogens with one attached hydrogen (secondary N) is 1. The van der Waals surface area contributed by atoms with Gasteiger partial charge in [-0.1, -0.05) is 12.1 Å². The largest absolute Gasteiger partial charge is 0.379 e. The maximum absolute atomic E-state index is 12.2. The normalized spacial score (nSPS) is 18.6. The van der Waals surface area contributed by atoms with Gasteiger partial charge < -0.3 is 10.5 Å². The number of nitrogens with two attached hydrogens (primary N) is 1. The first-order valence-corrected chi connectivity index (χ1v) is 8.63. The van der Waals surface area contributed by atoms with E-state index in [4.69, 9.17) is 10.5 Å². The van der Waals surface area contributed by atoms with Crippen LogP contribution in [0, 0.1) is 0 Å². The Morgan fingerprint density at radius 1 is 1.29 bits per heavy atom. The monoisotopic (exact) mass is 313 g/mol. The van der Waals surface area contributed by atoms with E-state index in [1.54, 1.807) is 24.3 Å². The maximum Gasteiger partial charge on any atom is 0.240 e. The second-order valence-corrected chi connectivity index (χ2v) is 6.98. The Balaban J connectivity index is 1.88. The summed E-state index contributed by atoms with van der Waals surface area (Å²) in [6.07, 6.45) is 0. The van der Waals surface area contributed by atoms with Crippen molar-refractivity contribution in [1.82, 2.24) is 9.62 Å². The van der Waals surface area contributed by atoms with E-state index in [2.05, 4.69) is 9.62 Å². The van der Waals surface area contributed by atoms with Crippen molar-refractivity contribution in [2.45, 2.75) is 17.9 Å². The molecule has 6 nitrogen and oxygen atoms in total. The van der Waals surface area contributed by atoms with Crippen LogP contribution in [-0.4, -0.2) is 52.7 Å². The van der Waals surface area contributed by atoms with Crippen molar-refractivity contribution in [1.29, 1.82) is 0 Å². The van der Waals surface area contributed by atoms with Gasteiger partial charge in [-0.25, -0.2) is 13.1 Å². The van der Waals surface area contributed by atoms with E-state index < -0.39 is 10.0 Å². The highest BCUT2D eigenvalue weighted by atomic mass is 32.2. The van der Waals surface area contributed by atoms with E-state index in [0.717, 1.165) is 18.7 Å². The molecule has 7 heteroatoms. The fourth-order valence-electron chi connectivity index (χ4n) is 2.20. The molecular formula is C14H23N3O3S. The lowest BCUT2D eigenvalue weighted by molar-refractivity contribution is 0.0390. The van der Waals surface area contributed by atoms with Crippen LogP contribution < -0.4 is 10.5 Å². The second kappa shape index (κ2) is 7.33. The lowest BCUT2D eigenvalue weighted by Gasteiger charge is -2.26. The zero-order valence-electron chi connectivity index (χ0n) is 12.3. The molecule has 3 N–H and O–H groups in total. The van der Waals surface area contributed by atoms with Gasteiger partial charge in [0.15, 0.2) is 0 Å². The minimum atomic E-state index is -3.45. The molecule has 1 aliphatic heterocycles. The highest BCUT2D eigenvalue weighted by Crippen LogP contribution is 2.14. The van der Waals surface area contributed by atoms with Crippen LogP contribution in [0.3, 0.4) is 0 Å². The first kappa shape index (κ1) is 16.4. The van der Waals surface area contributed by atoms with E-state index in [9.17, 15) is 8.42 Å². The Bertz CT molecular complexity index is 537. The lowest BCUT2D eigenvalue weighted by Crippen LogP contribution is -2.41. The summed E-state index contributed by atoms with van der Waals surface area (Å²) in [6, 6.07) is 6.59. The summed E-state index contributed by atoms with van der Waals surface area (Å²) >= 11 is 0. The summed E-state index contributed by atoms with van der Waals surface area (Å²) in [6.45, 7) is 6.09. The van der Waals surface area contributed by atoms with Gasteiger partial charge in [-0.2, -0.15) is 0 Å². The highest BCUT2D eigenvalue weighted by molar-refractivity contribution is 7.89. The smallest absolute Gasteiger partial charge is 0.240 e. The van der Waals surface area contributed by atoms with Crippen molar-refractivity contribution in [2.24, 2.45) is 5.73 Å². The number of benzene rings is 1. The van der Waals surface area contributed by atoms with Gasteiger partial charge in [0.25, 0.3) is 0 Å². The van der Waals surface area contributed by atoms with Crippen LogP contribution in [0.5, 0.6) is 0 Å². The average molecular weight is 313 g/mol. The minimum absolute atomic E-state index is 0.101. The molecule has 0 saturated carbocycles. The molecule has 0 radical (unpaired) electrons. The van der Waals surface area contributed by atoms with Crippen LogP contribution >= 0.6 is 0 Å². The quantitative estimate of drug-likeness (QED) is 0.790. The number of nitrogens with zero attached hydrogens (tertiary/aromatic N) is 1. The van der Waals surface area contributed by atoms with E-state index in [1.165, 1.54) is 0 Å². The fourth-order valence-corrected chi connectivity index (χ4v) is 3.22. The van der Waals surface area contributed by atoms with E-state index in [-0.39, 0.29) is 10.9 Å². The zero-order chi connectivity index (χ0) is 15.3. The molecule has 1 aromatic rings. The predicted octanol–water partition coefficient (Wildman–Crippen LogP) is 0.317. The van der Waals surface area contributed by atoms with Crippen LogP contribution in [0.4, 0.5) is 0 Å². The number of hydrogen-bond acceptors (Lipinski definition) is 5. The Hall–Kier alpha value is -0.990. The minimum Gasteiger partial charge on any atom is -0.379 e. The molecule has 1 unspecified atom stereocenters. The zero-order valence-corrected chi connectivity index (χ0v) is 13.1.